The molecule has 0 fully saturated rings. The predicted molar refractivity (Wildman–Crippen MR) is 69.9 cm³/mol. The first kappa shape index (κ1) is 12.3. The van der Waals surface area contributed by atoms with Crippen LogP contribution in [0.4, 0.5) is 0 Å². The Morgan fingerprint density at radius 2 is 2.18 bits per heavy atom. The molecular formula is C13H15ClN2O. The van der Waals surface area contributed by atoms with Crippen LogP contribution in [0.3, 0.4) is 0 Å². The van der Waals surface area contributed by atoms with Crippen molar-refractivity contribution in [2.75, 3.05) is 6.54 Å². The number of aromatic nitrogens is 1. The van der Waals surface area contributed by atoms with Crippen LogP contribution in [-0.4, -0.2) is 16.6 Å². The average molecular weight is 251 g/mol. The third-order valence-corrected chi connectivity index (χ3v) is 3.31. The first-order valence-corrected chi connectivity index (χ1v) is 5.94. The molecule has 1 aromatic heterocycles. The van der Waals surface area contributed by atoms with Crippen molar-refractivity contribution in [2.24, 2.45) is 11.7 Å². The third kappa shape index (κ3) is 2.27. The summed E-state index contributed by atoms with van der Waals surface area (Å²) in [7, 11) is 0. The first-order valence-electron chi connectivity index (χ1n) is 5.56. The van der Waals surface area contributed by atoms with E-state index in [2.05, 4.69) is 4.98 Å². The molecule has 0 saturated heterocycles. The van der Waals surface area contributed by atoms with Gasteiger partial charge in [0.05, 0.1) is 11.6 Å². The minimum absolute atomic E-state index is 0.0126. The van der Waals surface area contributed by atoms with Gasteiger partial charge in [-0.05, 0) is 30.7 Å². The lowest BCUT2D eigenvalue weighted by Gasteiger charge is -2.18. The van der Waals surface area contributed by atoms with Gasteiger partial charge >= 0.3 is 0 Å². The fourth-order valence-electron chi connectivity index (χ4n) is 1.83. The van der Waals surface area contributed by atoms with Gasteiger partial charge in [-0.2, -0.15) is 0 Å². The molecule has 0 saturated carbocycles. The van der Waals surface area contributed by atoms with Crippen molar-refractivity contribution in [1.82, 2.24) is 4.98 Å². The number of halogens is 1. The van der Waals surface area contributed by atoms with E-state index in [-0.39, 0.29) is 5.92 Å². The number of nitrogens with two attached hydrogens (primary N) is 1. The highest BCUT2D eigenvalue weighted by Crippen LogP contribution is 2.31. The van der Waals surface area contributed by atoms with Gasteiger partial charge in [-0.3, -0.25) is 4.98 Å². The van der Waals surface area contributed by atoms with E-state index in [1.807, 2.05) is 25.1 Å². The molecule has 2 unspecified atom stereocenters. The highest BCUT2D eigenvalue weighted by atomic mass is 35.5. The number of fused-ring (bicyclic) bond motifs is 1. The quantitative estimate of drug-likeness (QED) is 0.880. The number of nitrogens with zero attached hydrogens (tertiary/aromatic N) is 1. The van der Waals surface area contributed by atoms with Crippen LogP contribution in [0.25, 0.3) is 10.9 Å². The topological polar surface area (TPSA) is 59.1 Å². The Labute approximate surface area is 105 Å². The number of hydrogen-bond donors (Lipinski definition) is 2. The summed E-state index contributed by atoms with van der Waals surface area (Å²) < 4.78 is 0. The van der Waals surface area contributed by atoms with Crippen molar-refractivity contribution in [3.63, 3.8) is 0 Å². The number of hydrogen-bond acceptors (Lipinski definition) is 3. The summed E-state index contributed by atoms with van der Waals surface area (Å²) >= 11 is 6.10. The number of aliphatic hydroxyl groups excluding tert-OH is 1. The van der Waals surface area contributed by atoms with E-state index in [4.69, 9.17) is 17.3 Å². The minimum atomic E-state index is -0.616. The van der Waals surface area contributed by atoms with Gasteiger partial charge in [-0.1, -0.05) is 24.6 Å². The fourth-order valence-corrected chi connectivity index (χ4v) is 2.05. The van der Waals surface area contributed by atoms with Crippen molar-refractivity contribution in [2.45, 2.75) is 13.0 Å². The Morgan fingerprint density at radius 3 is 2.88 bits per heavy atom. The summed E-state index contributed by atoms with van der Waals surface area (Å²) in [6.07, 6.45) is 1.08. The van der Waals surface area contributed by atoms with E-state index in [0.29, 0.717) is 11.6 Å². The van der Waals surface area contributed by atoms with Crippen molar-refractivity contribution >= 4 is 22.5 Å². The van der Waals surface area contributed by atoms with E-state index >= 15 is 0 Å². The molecule has 1 heterocycles. The second-order valence-corrected chi connectivity index (χ2v) is 4.60. The summed E-state index contributed by atoms with van der Waals surface area (Å²) in [5.74, 6) is -0.0126. The van der Waals surface area contributed by atoms with Crippen molar-refractivity contribution < 1.29 is 5.11 Å². The van der Waals surface area contributed by atoms with E-state index < -0.39 is 6.10 Å². The van der Waals surface area contributed by atoms with Crippen molar-refractivity contribution in [3.05, 3.63) is 41.0 Å². The van der Waals surface area contributed by atoms with Crippen LogP contribution in [0.15, 0.2) is 30.5 Å². The zero-order valence-electron chi connectivity index (χ0n) is 9.60. The first-order chi connectivity index (χ1) is 8.15. The second-order valence-electron chi connectivity index (χ2n) is 4.19. The Bertz CT molecular complexity index is 530. The maximum absolute atomic E-state index is 10.2. The smallest absolute Gasteiger partial charge is 0.0848 e. The van der Waals surface area contributed by atoms with E-state index in [0.717, 1.165) is 16.5 Å². The summed E-state index contributed by atoms with van der Waals surface area (Å²) in [5.41, 5.74) is 7.10. The second kappa shape index (κ2) is 5.00. The summed E-state index contributed by atoms with van der Waals surface area (Å²) in [5, 5.41) is 11.7. The average Bonchev–Trinajstić information content (AvgIpc) is 2.38. The highest BCUT2D eigenvalue weighted by molar-refractivity contribution is 6.35. The normalized spacial score (nSPS) is 14.8. The van der Waals surface area contributed by atoms with Crippen molar-refractivity contribution in [1.29, 1.82) is 0 Å². The standard InChI is InChI=1S/C13H15ClN2O/c1-8(7-15)13(17)10-4-5-11(14)9-3-2-6-16-12(9)10/h2-6,8,13,17H,7,15H2,1H3. The van der Waals surface area contributed by atoms with E-state index in [1.165, 1.54) is 0 Å². The van der Waals surface area contributed by atoms with Gasteiger partial charge in [0.2, 0.25) is 0 Å². The summed E-state index contributed by atoms with van der Waals surface area (Å²) in [6, 6.07) is 7.33. The van der Waals surface area contributed by atoms with Gasteiger partial charge < -0.3 is 10.8 Å². The lowest BCUT2D eigenvalue weighted by Crippen LogP contribution is -2.19. The fraction of sp³-hybridized carbons (Fsp3) is 0.308. The van der Waals surface area contributed by atoms with Crippen LogP contribution < -0.4 is 5.73 Å². The van der Waals surface area contributed by atoms with Gasteiger partial charge in [0.25, 0.3) is 0 Å². The van der Waals surface area contributed by atoms with Crippen LogP contribution in [0, 0.1) is 5.92 Å². The number of aliphatic hydroxyl groups is 1. The molecule has 2 aromatic rings. The SMILES string of the molecule is CC(CN)C(O)c1ccc(Cl)c2cccnc12. The summed E-state index contributed by atoms with van der Waals surface area (Å²) in [6.45, 7) is 2.34. The minimum Gasteiger partial charge on any atom is -0.388 e. The van der Waals surface area contributed by atoms with Gasteiger partial charge in [-0.15, -0.1) is 0 Å². The Hall–Kier alpha value is -1.16. The molecule has 0 aliphatic carbocycles. The predicted octanol–water partition coefficient (Wildman–Crippen LogP) is 2.52. The van der Waals surface area contributed by atoms with Crippen LogP contribution in [0.2, 0.25) is 5.02 Å². The molecule has 0 spiro atoms. The molecule has 17 heavy (non-hydrogen) atoms. The lowest BCUT2D eigenvalue weighted by molar-refractivity contribution is 0.123. The van der Waals surface area contributed by atoms with Gasteiger partial charge in [0.1, 0.15) is 0 Å². The zero-order chi connectivity index (χ0) is 12.4. The van der Waals surface area contributed by atoms with Crippen LogP contribution in [0.5, 0.6) is 0 Å². The maximum atomic E-state index is 10.2. The largest absolute Gasteiger partial charge is 0.388 e. The molecule has 0 amide bonds. The molecule has 1 aromatic carbocycles. The molecule has 3 N–H and O–H groups in total. The molecular weight excluding hydrogens is 236 g/mol. The van der Waals surface area contributed by atoms with Crippen LogP contribution in [0.1, 0.15) is 18.6 Å². The number of rotatable bonds is 3. The third-order valence-electron chi connectivity index (χ3n) is 2.98. The Balaban J connectivity index is 2.59. The van der Waals surface area contributed by atoms with Crippen LogP contribution in [-0.2, 0) is 0 Å². The molecule has 90 valence electrons. The maximum Gasteiger partial charge on any atom is 0.0848 e. The van der Waals surface area contributed by atoms with Gasteiger partial charge in [-0.25, -0.2) is 0 Å². The molecule has 2 rings (SSSR count). The Morgan fingerprint density at radius 1 is 1.41 bits per heavy atom. The Kier molecular flexibility index (Phi) is 3.62. The molecule has 0 aliphatic heterocycles. The van der Waals surface area contributed by atoms with E-state index in [1.54, 1.807) is 12.3 Å². The highest BCUT2D eigenvalue weighted by Gasteiger charge is 2.18. The lowest BCUT2D eigenvalue weighted by atomic mass is 9.95. The van der Waals surface area contributed by atoms with Crippen molar-refractivity contribution in [3.8, 4) is 0 Å². The molecule has 4 heteroatoms. The monoisotopic (exact) mass is 250 g/mol. The zero-order valence-corrected chi connectivity index (χ0v) is 10.4. The van der Waals surface area contributed by atoms with Gasteiger partial charge in [0.15, 0.2) is 0 Å². The van der Waals surface area contributed by atoms with Crippen LogP contribution >= 0.6 is 11.6 Å². The van der Waals surface area contributed by atoms with E-state index in [9.17, 15) is 5.11 Å². The van der Waals surface area contributed by atoms with Gasteiger partial charge in [0, 0.05) is 22.2 Å². The number of benzene rings is 1. The molecule has 0 radical (unpaired) electrons. The number of pyridine rings is 1. The molecule has 3 nitrogen and oxygen atoms in total. The summed E-state index contributed by atoms with van der Waals surface area (Å²) in [4.78, 5) is 4.29. The molecule has 0 aliphatic rings. The molecule has 0 bridgehead atoms. The molecule has 2 atom stereocenters.